The summed E-state index contributed by atoms with van der Waals surface area (Å²) in [5.74, 6) is -1.96. The summed E-state index contributed by atoms with van der Waals surface area (Å²) in [6.45, 7) is 0. The van der Waals surface area contributed by atoms with E-state index in [9.17, 15) is 14.3 Å². The Labute approximate surface area is 126 Å². The molecule has 0 spiro atoms. The van der Waals surface area contributed by atoms with Crippen LogP contribution < -0.4 is 4.74 Å². The molecular weight excluding hydrogens is 295 g/mol. The molecule has 21 heavy (non-hydrogen) atoms. The molecule has 1 N–H and O–H groups in total. The quantitative estimate of drug-likeness (QED) is 0.911. The zero-order valence-corrected chi connectivity index (χ0v) is 12.1. The van der Waals surface area contributed by atoms with Gasteiger partial charge in [-0.05, 0) is 30.2 Å². The first-order valence-electron chi connectivity index (χ1n) is 6.32. The molecule has 0 aliphatic heterocycles. The van der Waals surface area contributed by atoms with Crippen molar-refractivity contribution in [3.05, 3.63) is 64.4 Å². The SMILES string of the molecule is COc1ccccc1C(Cc1ccc(Cl)cc1F)C(=O)O. The molecule has 0 amide bonds. The molecule has 3 nitrogen and oxygen atoms in total. The first-order chi connectivity index (χ1) is 10.0. The van der Waals surface area contributed by atoms with Gasteiger partial charge in [-0.25, -0.2) is 4.39 Å². The summed E-state index contributed by atoms with van der Waals surface area (Å²) < 4.78 is 19.0. The van der Waals surface area contributed by atoms with Gasteiger partial charge in [-0.2, -0.15) is 0 Å². The zero-order chi connectivity index (χ0) is 15.4. The molecule has 5 heteroatoms. The number of ether oxygens (including phenoxy) is 1. The molecule has 0 saturated carbocycles. The van der Waals surface area contributed by atoms with E-state index in [0.717, 1.165) is 0 Å². The number of carbonyl (C=O) groups is 1. The fourth-order valence-electron chi connectivity index (χ4n) is 2.19. The van der Waals surface area contributed by atoms with Crippen molar-refractivity contribution in [2.75, 3.05) is 7.11 Å². The Kier molecular flexibility index (Phi) is 4.81. The number of hydrogen-bond acceptors (Lipinski definition) is 2. The van der Waals surface area contributed by atoms with Gasteiger partial charge >= 0.3 is 5.97 Å². The topological polar surface area (TPSA) is 46.5 Å². The van der Waals surface area contributed by atoms with Crippen molar-refractivity contribution in [2.24, 2.45) is 0 Å². The number of carboxylic acids is 1. The third kappa shape index (κ3) is 3.52. The molecule has 0 aliphatic rings. The predicted molar refractivity (Wildman–Crippen MR) is 78.5 cm³/mol. The average molecular weight is 309 g/mol. The van der Waals surface area contributed by atoms with E-state index in [1.165, 1.54) is 19.2 Å². The van der Waals surface area contributed by atoms with E-state index in [4.69, 9.17) is 16.3 Å². The molecule has 0 saturated heterocycles. The number of halogens is 2. The van der Waals surface area contributed by atoms with Crippen LogP contribution in [0.3, 0.4) is 0 Å². The van der Waals surface area contributed by atoms with Crippen LogP contribution in [-0.2, 0) is 11.2 Å². The lowest BCUT2D eigenvalue weighted by Gasteiger charge is -2.16. The van der Waals surface area contributed by atoms with Crippen molar-refractivity contribution in [1.29, 1.82) is 0 Å². The largest absolute Gasteiger partial charge is 0.496 e. The van der Waals surface area contributed by atoms with Crippen LogP contribution in [-0.4, -0.2) is 18.2 Å². The molecule has 0 aliphatic carbocycles. The summed E-state index contributed by atoms with van der Waals surface area (Å²) in [4.78, 5) is 11.5. The van der Waals surface area contributed by atoms with Crippen LogP contribution in [0.25, 0.3) is 0 Å². The van der Waals surface area contributed by atoms with E-state index in [0.29, 0.717) is 16.9 Å². The third-order valence-electron chi connectivity index (χ3n) is 3.25. The van der Waals surface area contributed by atoms with Gasteiger partial charge in [-0.3, -0.25) is 4.79 Å². The maximum absolute atomic E-state index is 13.9. The minimum atomic E-state index is -1.03. The normalized spacial score (nSPS) is 12.0. The Morgan fingerprint density at radius 2 is 2.05 bits per heavy atom. The monoisotopic (exact) mass is 308 g/mol. The van der Waals surface area contributed by atoms with Gasteiger partial charge in [-0.15, -0.1) is 0 Å². The summed E-state index contributed by atoms with van der Waals surface area (Å²) in [6, 6.07) is 11.1. The molecule has 1 atom stereocenters. The van der Waals surface area contributed by atoms with E-state index >= 15 is 0 Å². The number of rotatable bonds is 5. The highest BCUT2D eigenvalue weighted by Gasteiger charge is 2.24. The van der Waals surface area contributed by atoms with Gasteiger partial charge in [0.15, 0.2) is 0 Å². The number of para-hydroxylation sites is 1. The third-order valence-corrected chi connectivity index (χ3v) is 3.49. The second kappa shape index (κ2) is 6.59. The molecule has 0 heterocycles. The second-order valence-electron chi connectivity index (χ2n) is 4.57. The molecular formula is C16H14ClFO3. The molecule has 0 aromatic heterocycles. The Balaban J connectivity index is 2.38. The van der Waals surface area contributed by atoms with Gasteiger partial charge in [0, 0.05) is 10.6 Å². The summed E-state index contributed by atoms with van der Waals surface area (Å²) in [7, 11) is 1.47. The van der Waals surface area contributed by atoms with E-state index in [-0.39, 0.29) is 11.4 Å². The Morgan fingerprint density at radius 3 is 2.67 bits per heavy atom. The number of benzene rings is 2. The van der Waals surface area contributed by atoms with Crippen molar-refractivity contribution < 1.29 is 19.0 Å². The van der Waals surface area contributed by atoms with Gasteiger partial charge in [0.2, 0.25) is 0 Å². The molecule has 1 unspecified atom stereocenters. The van der Waals surface area contributed by atoms with Gasteiger partial charge < -0.3 is 9.84 Å². The first-order valence-corrected chi connectivity index (χ1v) is 6.70. The molecule has 0 radical (unpaired) electrons. The Bertz CT molecular complexity index is 658. The van der Waals surface area contributed by atoms with Crippen molar-refractivity contribution in [1.82, 2.24) is 0 Å². The van der Waals surface area contributed by atoms with Gasteiger partial charge in [0.25, 0.3) is 0 Å². The summed E-state index contributed by atoms with van der Waals surface area (Å²) >= 11 is 5.70. The molecule has 0 bridgehead atoms. The Hall–Kier alpha value is -2.07. The average Bonchev–Trinajstić information content (AvgIpc) is 2.46. The Morgan fingerprint density at radius 1 is 1.33 bits per heavy atom. The van der Waals surface area contributed by atoms with Crippen LogP contribution in [0.5, 0.6) is 5.75 Å². The highest BCUT2D eigenvalue weighted by molar-refractivity contribution is 6.30. The highest BCUT2D eigenvalue weighted by atomic mass is 35.5. The molecule has 2 aromatic rings. The molecule has 110 valence electrons. The van der Waals surface area contributed by atoms with Gasteiger partial charge in [0.1, 0.15) is 11.6 Å². The van der Waals surface area contributed by atoms with E-state index in [1.54, 1.807) is 30.3 Å². The van der Waals surface area contributed by atoms with Crippen LogP contribution in [0, 0.1) is 5.82 Å². The standard InChI is InChI=1S/C16H14ClFO3/c1-21-15-5-3-2-4-12(15)13(16(19)20)8-10-6-7-11(17)9-14(10)18/h2-7,9,13H,8H2,1H3,(H,19,20). The van der Waals surface area contributed by atoms with Crippen LogP contribution in [0.1, 0.15) is 17.0 Å². The van der Waals surface area contributed by atoms with Crippen LogP contribution in [0.4, 0.5) is 4.39 Å². The lowest BCUT2D eigenvalue weighted by atomic mass is 9.91. The zero-order valence-electron chi connectivity index (χ0n) is 11.3. The van der Waals surface area contributed by atoms with Crippen molar-refractivity contribution in [3.8, 4) is 5.75 Å². The van der Waals surface area contributed by atoms with E-state index in [1.807, 2.05) is 0 Å². The molecule has 2 aromatic carbocycles. The van der Waals surface area contributed by atoms with Gasteiger partial charge in [-0.1, -0.05) is 35.9 Å². The fourth-order valence-corrected chi connectivity index (χ4v) is 2.35. The maximum Gasteiger partial charge on any atom is 0.311 e. The summed E-state index contributed by atoms with van der Waals surface area (Å²) in [5.41, 5.74) is 0.819. The smallest absolute Gasteiger partial charge is 0.311 e. The van der Waals surface area contributed by atoms with Gasteiger partial charge in [0.05, 0.1) is 13.0 Å². The number of methoxy groups -OCH3 is 1. The highest BCUT2D eigenvalue weighted by Crippen LogP contribution is 2.30. The van der Waals surface area contributed by atoms with Crippen LogP contribution in [0.2, 0.25) is 5.02 Å². The minimum absolute atomic E-state index is 0.0265. The second-order valence-corrected chi connectivity index (χ2v) is 5.01. The minimum Gasteiger partial charge on any atom is -0.496 e. The summed E-state index contributed by atoms with van der Waals surface area (Å²) in [5, 5.41) is 9.73. The van der Waals surface area contributed by atoms with Crippen LogP contribution in [0.15, 0.2) is 42.5 Å². The first kappa shape index (κ1) is 15.3. The van der Waals surface area contributed by atoms with Crippen molar-refractivity contribution in [2.45, 2.75) is 12.3 Å². The lowest BCUT2D eigenvalue weighted by molar-refractivity contribution is -0.138. The fraction of sp³-hybridized carbons (Fsp3) is 0.188. The van der Waals surface area contributed by atoms with Crippen molar-refractivity contribution in [3.63, 3.8) is 0 Å². The number of aliphatic carboxylic acids is 1. The maximum atomic E-state index is 13.9. The van der Waals surface area contributed by atoms with E-state index in [2.05, 4.69) is 0 Å². The van der Waals surface area contributed by atoms with E-state index < -0.39 is 17.7 Å². The van der Waals surface area contributed by atoms with Crippen LogP contribution >= 0.6 is 11.6 Å². The molecule has 2 rings (SSSR count). The predicted octanol–water partition coefficient (Wildman–Crippen LogP) is 3.90. The number of hydrogen-bond donors (Lipinski definition) is 1. The molecule has 0 fully saturated rings. The van der Waals surface area contributed by atoms with Crippen molar-refractivity contribution >= 4 is 17.6 Å². The summed E-state index contributed by atoms with van der Waals surface area (Å²) in [6.07, 6.45) is 0.0265. The lowest BCUT2D eigenvalue weighted by Crippen LogP contribution is -2.16. The number of carboxylic acid groups (broad SMARTS) is 1.